The summed E-state index contributed by atoms with van der Waals surface area (Å²) in [4.78, 5) is 96.4. The number of aromatic nitrogens is 8. The maximum absolute atomic E-state index is 12.4. The maximum atomic E-state index is 12.4. The molecule has 8 heterocycles. The van der Waals surface area contributed by atoms with Crippen molar-refractivity contribution in [2.24, 2.45) is 22.9 Å². The van der Waals surface area contributed by atoms with Crippen LogP contribution in [0.4, 0.5) is 0 Å². The van der Waals surface area contributed by atoms with Gasteiger partial charge in [0.15, 0.2) is 0 Å². The van der Waals surface area contributed by atoms with Crippen molar-refractivity contribution < 1.29 is 77.2 Å². The first-order valence-corrected chi connectivity index (χ1v) is 35.5. The van der Waals surface area contributed by atoms with Crippen LogP contribution in [-0.4, -0.2) is 140 Å². The van der Waals surface area contributed by atoms with Gasteiger partial charge in [-0.15, -0.1) is 0 Å². The van der Waals surface area contributed by atoms with E-state index in [2.05, 4.69) is 58.1 Å². The quantitative estimate of drug-likeness (QED) is 0.0313. The molecule has 0 aliphatic rings. The lowest BCUT2D eigenvalue weighted by atomic mass is 9.92. The van der Waals surface area contributed by atoms with Crippen LogP contribution in [0, 0.1) is 79.9 Å². The van der Waals surface area contributed by atoms with E-state index >= 15 is 0 Å². The zero-order valence-corrected chi connectivity index (χ0v) is 65.3. The molecule has 8 aromatic heterocycles. The lowest BCUT2D eigenvalue weighted by molar-refractivity contribution is 0.0697. The highest BCUT2D eigenvalue weighted by Gasteiger charge is 2.32. The third-order valence-electron chi connectivity index (χ3n) is 18.0. The number of benzene rings is 4. The number of nitriles is 4. The highest BCUT2D eigenvalue weighted by molar-refractivity contribution is 6.17. The summed E-state index contributed by atoms with van der Waals surface area (Å²) in [5, 5.41) is 67.7. The molecule has 32 heteroatoms. The van der Waals surface area contributed by atoms with Gasteiger partial charge >= 0.3 is 5.97 Å². The van der Waals surface area contributed by atoms with Crippen LogP contribution in [0.1, 0.15) is 141 Å². The maximum Gasteiger partial charge on any atom is 0.339 e. The first kappa shape index (κ1) is 84.8. The Labute approximate surface area is 664 Å². The van der Waals surface area contributed by atoms with Gasteiger partial charge in [-0.2, -0.15) is 21.0 Å². The molecule has 32 nitrogen and oxygen atoms in total. The number of nitrogens with zero attached hydrogens (tertiary/aromatic N) is 12. The lowest BCUT2D eigenvalue weighted by Crippen LogP contribution is -2.17. The van der Waals surface area contributed by atoms with E-state index in [0.717, 1.165) is 11.8 Å². The summed E-state index contributed by atoms with van der Waals surface area (Å²) in [5.41, 5.74) is 33.8. The van der Waals surface area contributed by atoms with Crippen molar-refractivity contribution in [2.45, 2.75) is 75.5 Å². The number of aromatic carboxylic acids is 1. The zero-order chi connectivity index (χ0) is 84.7. The molecule has 0 atom stereocenters. The van der Waals surface area contributed by atoms with Crippen molar-refractivity contribution in [1.29, 1.82) is 21.0 Å². The first-order chi connectivity index (χ1) is 55.7. The molecule has 0 saturated carbocycles. The summed E-state index contributed by atoms with van der Waals surface area (Å²) in [6.45, 7) is 16.5. The Hall–Kier alpha value is -15.3. The molecule has 590 valence electrons. The molecule has 0 aliphatic carbocycles. The Morgan fingerprint density at radius 1 is 0.379 bits per heavy atom. The average Bonchev–Trinajstić information content (AvgIpc) is 0.755. The molecule has 0 saturated heterocycles. The second-order valence-corrected chi connectivity index (χ2v) is 25.0. The highest BCUT2D eigenvalue weighted by Crippen LogP contribution is 2.48. The third kappa shape index (κ3) is 16.8. The molecule has 0 aliphatic heterocycles. The second-order valence-electron chi connectivity index (χ2n) is 25.0. The molecule has 0 spiro atoms. The van der Waals surface area contributed by atoms with E-state index in [1.54, 1.807) is 108 Å². The molecule has 0 radical (unpaired) electrons. The summed E-state index contributed by atoms with van der Waals surface area (Å²) < 4.78 is 44.7. The number of ether oxygens (including phenoxy) is 8. The molecular weight excluding hydrogens is 1490 g/mol. The number of aliphatic hydroxyl groups is 2. The number of aliphatic hydroxyl groups excluding tert-OH is 2. The Morgan fingerprint density at radius 2 is 0.629 bits per heavy atom. The van der Waals surface area contributed by atoms with Crippen LogP contribution in [-0.2, 0) is 13.2 Å². The molecular formula is C84H78N16O16. The van der Waals surface area contributed by atoms with E-state index in [1.165, 1.54) is 46.9 Å². The van der Waals surface area contributed by atoms with Crippen LogP contribution in [0.15, 0.2) is 97.6 Å². The van der Waals surface area contributed by atoms with E-state index in [0.29, 0.717) is 171 Å². The minimum Gasteiger partial charge on any atom is -0.496 e. The van der Waals surface area contributed by atoms with E-state index in [1.807, 2.05) is 33.8 Å². The molecule has 0 fully saturated rings. The van der Waals surface area contributed by atoms with Gasteiger partial charge in [0.05, 0.1) is 203 Å². The Balaban J connectivity index is 0.000000177. The zero-order valence-electron chi connectivity index (χ0n) is 65.3. The van der Waals surface area contributed by atoms with Gasteiger partial charge in [0, 0.05) is 80.4 Å². The van der Waals surface area contributed by atoms with Gasteiger partial charge in [0.25, 0.3) is 23.6 Å². The summed E-state index contributed by atoms with van der Waals surface area (Å²) in [7, 11) is 5.87. The number of carbonyl (C=O) groups excluding carboxylic acids is 4. The molecule has 12 aromatic rings. The molecule has 12 rings (SSSR count). The number of pyridine rings is 8. The topological polar surface area (TPSA) is 522 Å². The summed E-state index contributed by atoms with van der Waals surface area (Å²) in [6, 6.07) is 27.7. The fourth-order valence-corrected chi connectivity index (χ4v) is 13.2. The van der Waals surface area contributed by atoms with Gasteiger partial charge in [-0.1, -0.05) is 0 Å². The number of methoxy groups -OCH3 is 4. The van der Waals surface area contributed by atoms with Crippen LogP contribution in [0.25, 0.3) is 88.1 Å². The van der Waals surface area contributed by atoms with Gasteiger partial charge in [-0.3, -0.25) is 39.1 Å². The van der Waals surface area contributed by atoms with E-state index in [9.17, 15) is 60.3 Å². The first-order valence-electron chi connectivity index (χ1n) is 35.5. The fourth-order valence-electron chi connectivity index (χ4n) is 13.2. The normalized spacial score (nSPS) is 10.5. The van der Waals surface area contributed by atoms with Gasteiger partial charge in [-0.25, -0.2) is 24.7 Å². The number of hydrogen-bond acceptors (Lipinski definition) is 27. The summed E-state index contributed by atoms with van der Waals surface area (Å²) in [6.07, 6.45) is 5.82. The predicted molar refractivity (Wildman–Crippen MR) is 426 cm³/mol. The van der Waals surface area contributed by atoms with Crippen molar-refractivity contribution in [1.82, 2.24) is 39.9 Å². The second kappa shape index (κ2) is 37.2. The van der Waals surface area contributed by atoms with Crippen molar-refractivity contribution in [3.63, 3.8) is 0 Å². The molecule has 4 amide bonds. The van der Waals surface area contributed by atoms with Crippen LogP contribution in [0.5, 0.6) is 46.5 Å². The molecule has 0 unspecified atom stereocenters. The molecule has 0 bridgehead atoms. The summed E-state index contributed by atoms with van der Waals surface area (Å²) >= 11 is 0. The number of carboxylic acids is 1. The number of carbonyl (C=O) groups is 5. The minimum absolute atomic E-state index is 0.0794. The Bertz CT molecular complexity index is 5960. The Morgan fingerprint density at radius 3 is 0.879 bits per heavy atom. The smallest absolute Gasteiger partial charge is 0.339 e. The van der Waals surface area contributed by atoms with E-state index in [-0.39, 0.29) is 87.4 Å². The van der Waals surface area contributed by atoms with Crippen LogP contribution in [0.3, 0.4) is 0 Å². The van der Waals surface area contributed by atoms with Gasteiger partial charge in [-0.05, 0) is 141 Å². The van der Waals surface area contributed by atoms with Gasteiger partial charge in [0.2, 0.25) is 23.5 Å². The number of primary amides is 4. The number of rotatable bonds is 23. The number of fused-ring (bicyclic) bond motifs is 4. The largest absolute Gasteiger partial charge is 0.496 e. The standard InChI is InChI=1S/C21H18N4O5.2C21H20N4O4.C21H20N4O3/c1-4-30-20-17-16(12-6-5-11(8-22)7-14(12)29-3)15(19(23)26)10(2)25-18(17)13(9-24-20)21(27)28;2*1-4-29-21-18-17(14-6-5-12(8-22)7-15(14)28-3)16(20(23)27)11(2)25-19(18)13(10-26)9-24-21;1-5-28-21-18-17(14-7-6-13(9-22)8-15(14)27-4)16(20(23)26)12(3)25-19(18)11(2)10-24-21/h5-7,9H,4H2,1-3H3,(H2,23,26)(H,27,28);2*5-7,9,26H,4,10H2,1-3H3,(H2,23,27);6-8,10H,5H2,1-4H3,(H2,23,26). The number of nitrogens with two attached hydrogens (primary N) is 4. The molecule has 4 aromatic carbocycles. The monoisotopic (exact) mass is 1570 g/mol. The average molecular weight is 1570 g/mol. The van der Waals surface area contributed by atoms with Gasteiger partial charge in [0.1, 0.15) is 28.6 Å². The van der Waals surface area contributed by atoms with Crippen molar-refractivity contribution in [3.8, 4) is 115 Å². The van der Waals surface area contributed by atoms with Crippen LogP contribution in [0.2, 0.25) is 0 Å². The van der Waals surface area contributed by atoms with E-state index in [4.69, 9.17) is 60.8 Å². The highest BCUT2D eigenvalue weighted by atomic mass is 16.5. The SMILES string of the molecule is CCOc1ncc(C(=O)O)c2nc(C)c(C(N)=O)c(-c3ccc(C#N)cc3OC)c12.CCOc1ncc(C)c2nc(C)c(C(N)=O)c(-c3ccc(C#N)cc3OC)c12.CCOc1ncc(CO)c2nc(C)c(C(N)=O)c(-c3ccc(C#N)cc3OC)c12.CCOc1ncc(CO)c2nc(C)c(C(N)=O)c(-c3ccc(C#N)cc3OC)c12. The molecule has 116 heavy (non-hydrogen) atoms. The lowest BCUT2D eigenvalue weighted by Gasteiger charge is -2.19. The predicted octanol–water partition coefficient (Wildman–Crippen LogP) is 10.9. The summed E-state index contributed by atoms with van der Waals surface area (Å²) in [5.74, 6) is -1.45. The third-order valence-corrected chi connectivity index (χ3v) is 18.0. The molecule has 11 N–H and O–H groups in total. The van der Waals surface area contributed by atoms with Crippen molar-refractivity contribution >= 4 is 73.2 Å². The number of carboxylic acid groups (broad SMARTS) is 1. The number of aryl methyl sites for hydroxylation is 5. The fraction of sp³-hybridized carbons (Fsp3) is 0.226. The number of amides is 4. The minimum atomic E-state index is -1.23. The van der Waals surface area contributed by atoms with Crippen molar-refractivity contribution in [3.05, 3.63) is 187 Å². The van der Waals surface area contributed by atoms with Crippen LogP contribution < -0.4 is 60.8 Å². The van der Waals surface area contributed by atoms with E-state index < -0.39 is 29.6 Å². The van der Waals surface area contributed by atoms with Crippen LogP contribution >= 0.6 is 0 Å². The number of hydrogen-bond donors (Lipinski definition) is 7. The van der Waals surface area contributed by atoms with Gasteiger partial charge < -0.3 is 76.1 Å². The van der Waals surface area contributed by atoms with Crippen molar-refractivity contribution in [2.75, 3.05) is 54.9 Å². The Kier molecular flexibility index (Phi) is 27.2.